The van der Waals surface area contributed by atoms with E-state index in [9.17, 15) is 10.1 Å². The van der Waals surface area contributed by atoms with Gasteiger partial charge in [0.15, 0.2) is 0 Å². The third kappa shape index (κ3) is 4.65. The third-order valence-electron chi connectivity index (χ3n) is 3.04. The lowest BCUT2D eigenvalue weighted by molar-refractivity contribution is -0.0993. The van der Waals surface area contributed by atoms with Crippen LogP contribution in [0.5, 0.6) is 0 Å². The Kier molecular flexibility index (Phi) is 5.28. The summed E-state index contributed by atoms with van der Waals surface area (Å²) in [4.78, 5) is 1.08. The molecule has 0 bridgehead atoms. The van der Waals surface area contributed by atoms with Crippen LogP contribution in [0.2, 0.25) is 0 Å². The molecule has 0 amide bonds. The lowest BCUT2D eigenvalue weighted by atomic mass is 9.85. The minimum absolute atomic E-state index is 0.434. The number of benzene rings is 1. The fourth-order valence-electron chi connectivity index (χ4n) is 1.20. The molecule has 0 atom stereocenters. The van der Waals surface area contributed by atoms with Gasteiger partial charge in [0.2, 0.25) is 0 Å². The van der Waals surface area contributed by atoms with E-state index in [1.807, 2.05) is 30.3 Å². The van der Waals surface area contributed by atoms with Crippen molar-refractivity contribution in [2.24, 2.45) is 0 Å². The molecule has 0 radical (unpaired) electrons. The highest BCUT2D eigenvalue weighted by molar-refractivity contribution is 8.00. The van der Waals surface area contributed by atoms with Gasteiger partial charge in [-0.3, -0.25) is 0 Å². The summed E-state index contributed by atoms with van der Waals surface area (Å²) in [6, 6.07) is 9.83. The van der Waals surface area contributed by atoms with Gasteiger partial charge in [0.05, 0.1) is 11.2 Å². The Hall–Kier alpha value is -0.485. The van der Waals surface area contributed by atoms with Gasteiger partial charge in [-0.1, -0.05) is 18.2 Å². The third-order valence-corrected chi connectivity index (χ3v) is 4.10. The van der Waals surface area contributed by atoms with Crippen LogP contribution in [0.15, 0.2) is 35.2 Å². The lowest BCUT2D eigenvalue weighted by Gasteiger charge is -2.38. The molecule has 5 heteroatoms. The second-order valence-corrected chi connectivity index (χ2v) is 6.36. The molecule has 0 fully saturated rings. The molecule has 0 aromatic heterocycles. The summed E-state index contributed by atoms with van der Waals surface area (Å²) in [7, 11) is -0.906. The van der Waals surface area contributed by atoms with Gasteiger partial charge in [-0.25, -0.2) is 0 Å². The zero-order valence-corrected chi connectivity index (χ0v) is 12.2. The van der Waals surface area contributed by atoms with Gasteiger partial charge in [-0.05, 0) is 39.8 Å². The molecule has 0 spiro atoms. The van der Waals surface area contributed by atoms with Gasteiger partial charge in [-0.15, -0.1) is 11.8 Å². The van der Waals surface area contributed by atoms with Crippen molar-refractivity contribution in [2.45, 2.75) is 43.8 Å². The average Bonchev–Trinajstić information content (AvgIpc) is 2.26. The zero-order valence-electron chi connectivity index (χ0n) is 11.4. The molecule has 0 heterocycles. The van der Waals surface area contributed by atoms with Crippen molar-refractivity contribution in [1.29, 1.82) is 0 Å². The van der Waals surface area contributed by atoms with Crippen molar-refractivity contribution in [3.8, 4) is 0 Å². The molecule has 0 aliphatic heterocycles. The van der Waals surface area contributed by atoms with E-state index in [1.54, 1.807) is 27.7 Å². The predicted molar refractivity (Wildman–Crippen MR) is 76.6 cm³/mol. The maximum Gasteiger partial charge on any atom is 0.465 e. The van der Waals surface area contributed by atoms with Crippen LogP contribution < -0.4 is 0 Å². The number of hydrogen-bond acceptors (Lipinski definition) is 4. The highest BCUT2D eigenvalue weighted by atomic mass is 32.2. The normalized spacial score (nSPS) is 12.6. The van der Waals surface area contributed by atoms with Crippen molar-refractivity contribution < 1.29 is 14.8 Å². The maximum atomic E-state index is 9.94. The minimum Gasteiger partial charge on any atom is -0.426 e. The largest absolute Gasteiger partial charge is 0.465 e. The van der Waals surface area contributed by atoms with Crippen LogP contribution in [0.4, 0.5) is 0 Å². The topological polar surface area (TPSA) is 49.7 Å². The molecule has 3 nitrogen and oxygen atoms in total. The Labute approximate surface area is 114 Å². The van der Waals surface area contributed by atoms with Gasteiger partial charge >= 0.3 is 7.12 Å². The Balaban J connectivity index is 2.45. The van der Waals surface area contributed by atoms with Crippen LogP contribution in [0.25, 0.3) is 0 Å². The summed E-state index contributed by atoms with van der Waals surface area (Å²) in [5.74, 6) is 0. The van der Waals surface area contributed by atoms with E-state index >= 15 is 0 Å². The number of hydrogen-bond donors (Lipinski definition) is 2. The maximum absolute atomic E-state index is 9.94. The first-order valence-electron chi connectivity index (χ1n) is 5.98. The van der Waals surface area contributed by atoms with Crippen molar-refractivity contribution >= 4 is 18.9 Å². The molecule has 100 valence electrons. The lowest BCUT2D eigenvalue weighted by Crippen LogP contribution is -2.51. The molecule has 2 N–H and O–H groups in total. The van der Waals surface area contributed by atoms with E-state index in [0.717, 1.165) is 4.90 Å². The van der Waals surface area contributed by atoms with Crippen LogP contribution in [0, 0.1) is 0 Å². The molecule has 0 aliphatic carbocycles. The number of thioether (sulfide) groups is 1. The van der Waals surface area contributed by atoms with Crippen molar-refractivity contribution in [3.05, 3.63) is 30.3 Å². The monoisotopic (exact) mass is 268 g/mol. The summed E-state index contributed by atoms with van der Waals surface area (Å²) in [6.45, 7) is 6.88. The summed E-state index contributed by atoms with van der Waals surface area (Å²) in [5, 5.41) is 19.8. The molecule has 0 unspecified atom stereocenters. The van der Waals surface area contributed by atoms with Crippen LogP contribution in [-0.4, -0.2) is 34.1 Å². The van der Waals surface area contributed by atoms with Gasteiger partial charge in [-0.2, -0.15) is 0 Å². The van der Waals surface area contributed by atoms with Gasteiger partial charge in [0.25, 0.3) is 0 Å². The van der Waals surface area contributed by atoms with Gasteiger partial charge in [0, 0.05) is 10.5 Å². The summed E-state index contributed by atoms with van der Waals surface area (Å²) < 4.78 is 5.51. The Bertz CT molecular complexity index is 362. The first kappa shape index (κ1) is 15.6. The van der Waals surface area contributed by atoms with Crippen molar-refractivity contribution in [1.82, 2.24) is 0 Å². The van der Waals surface area contributed by atoms with Crippen molar-refractivity contribution in [2.75, 3.05) is 5.65 Å². The molecule has 18 heavy (non-hydrogen) atoms. The smallest absolute Gasteiger partial charge is 0.426 e. The predicted octanol–water partition coefficient (Wildman–Crippen LogP) is 2.36. The fourth-order valence-corrected chi connectivity index (χ4v) is 1.96. The molecular formula is C13H21BO3S. The second-order valence-electron chi connectivity index (χ2n) is 5.27. The first-order chi connectivity index (χ1) is 8.22. The Morgan fingerprint density at radius 1 is 1.17 bits per heavy atom. The first-order valence-corrected chi connectivity index (χ1v) is 6.97. The highest BCUT2D eigenvalue weighted by Gasteiger charge is 2.38. The zero-order chi connectivity index (χ0) is 13.8. The molecule has 1 aromatic carbocycles. The van der Waals surface area contributed by atoms with E-state index in [1.165, 1.54) is 11.8 Å². The molecule has 1 rings (SSSR count). The van der Waals surface area contributed by atoms with Crippen molar-refractivity contribution in [3.63, 3.8) is 0 Å². The van der Waals surface area contributed by atoms with E-state index in [0.29, 0.717) is 5.65 Å². The Morgan fingerprint density at radius 2 is 1.72 bits per heavy atom. The van der Waals surface area contributed by atoms with E-state index in [-0.39, 0.29) is 0 Å². The molecule has 0 saturated heterocycles. The molecule has 0 aliphatic rings. The summed E-state index contributed by atoms with van der Waals surface area (Å²) >= 11 is 1.52. The fraction of sp³-hybridized carbons (Fsp3) is 0.538. The molecule has 0 saturated carbocycles. The average molecular weight is 268 g/mol. The minimum atomic E-state index is -1.01. The van der Waals surface area contributed by atoms with Crippen LogP contribution in [0.3, 0.4) is 0 Å². The molecular weight excluding hydrogens is 247 g/mol. The van der Waals surface area contributed by atoms with E-state index < -0.39 is 18.3 Å². The van der Waals surface area contributed by atoms with Crippen LogP contribution in [0.1, 0.15) is 27.7 Å². The van der Waals surface area contributed by atoms with E-state index in [4.69, 9.17) is 4.65 Å². The second kappa shape index (κ2) is 6.11. The number of aliphatic hydroxyl groups is 1. The van der Waals surface area contributed by atoms with Gasteiger partial charge < -0.3 is 14.8 Å². The molecule has 1 aromatic rings. The summed E-state index contributed by atoms with van der Waals surface area (Å²) in [6.07, 6.45) is 0. The Morgan fingerprint density at radius 3 is 2.22 bits per heavy atom. The van der Waals surface area contributed by atoms with E-state index in [2.05, 4.69) is 0 Å². The SMILES string of the molecule is CC(C)(O)C(C)(C)OB(O)CSc1ccccc1. The van der Waals surface area contributed by atoms with Gasteiger partial charge in [0.1, 0.15) is 0 Å². The number of rotatable bonds is 6. The highest BCUT2D eigenvalue weighted by Crippen LogP contribution is 2.26. The summed E-state index contributed by atoms with van der Waals surface area (Å²) in [5.41, 5.74) is -1.38. The van der Waals surface area contributed by atoms with Crippen LogP contribution in [-0.2, 0) is 4.65 Å². The standard InChI is InChI=1S/C13H21BO3S/c1-12(2,15)13(3,4)17-14(16)10-18-11-8-6-5-7-9-11/h5-9,15-16H,10H2,1-4H3. The van der Waals surface area contributed by atoms with Crippen LogP contribution >= 0.6 is 11.8 Å². The quantitative estimate of drug-likeness (QED) is 0.614.